The number of benzene rings is 1. The molecule has 74 valence electrons. The number of ether oxygens (including phenoxy) is 1. The van der Waals surface area contributed by atoms with Crippen molar-refractivity contribution in [3.05, 3.63) is 29.8 Å². The van der Waals surface area contributed by atoms with E-state index in [1.165, 1.54) is 12.1 Å². The number of hydrogen-bond acceptors (Lipinski definition) is 5. The molecule has 0 spiro atoms. The molecule has 0 saturated carbocycles. The number of phenols is 1. The standard InChI is InChI=1S/C9H10N2O2S/c1-10-11-9(13-6-14)7-2-4-8(12)5-3-7/h2-5,12,14H,1,6H2/b11-9-. The monoisotopic (exact) mass is 210 g/mol. The van der Waals surface area contributed by atoms with Crippen LogP contribution in [0.5, 0.6) is 5.75 Å². The quantitative estimate of drug-likeness (QED) is 0.262. The van der Waals surface area contributed by atoms with E-state index in [2.05, 4.69) is 29.5 Å². The smallest absolute Gasteiger partial charge is 0.241 e. The van der Waals surface area contributed by atoms with E-state index < -0.39 is 0 Å². The Morgan fingerprint density at radius 2 is 2.07 bits per heavy atom. The fourth-order valence-electron chi connectivity index (χ4n) is 0.899. The van der Waals surface area contributed by atoms with E-state index in [1.807, 2.05) is 0 Å². The molecule has 4 nitrogen and oxygen atoms in total. The number of thiol groups is 1. The van der Waals surface area contributed by atoms with Crippen LogP contribution in [0.4, 0.5) is 0 Å². The molecule has 1 aromatic rings. The van der Waals surface area contributed by atoms with Crippen LogP contribution in [0.25, 0.3) is 0 Å². The lowest BCUT2D eigenvalue weighted by Gasteiger charge is -2.04. The van der Waals surface area contributed by atoms with Crippen molar-refractivity contribution in [2.24, 2.45) is 10.2 Å². The second-order valence-electron chi connectivity index (χ2n) is 2.37. The molecular formula is C9H10N2O2S. The van der Waals surface area contributed by atoms with Crippen LogP contribution in [0.15, 0.2) is 34.5 Å². The predicted molar refractivity (Wildman–Crippen MR) is 59.1 cm³/mol. The summed E-state index contributed by atoms with van der Waals surface area (Å²) in [5, 5.41) is 16.1. The number of rotatable bonds is 3. The van der Waals surface area contributed by atoms with Gasteiger partial charge in [0.1, 0.15) is 11.7 Å². The van der Waals surface area contributed by atoms with Crippen molar-refractivity contribution in [2.75, 3.05) is 5.94 Å². The molecule has 1 rings (SSSR count). The zero-order valence-corrected chi connectivity index (χ0v) is 8.32. The summed E-state index contributed by atoms with van der Waals surface area (Å²) < 4.78 is 5.11. The highest BCUT2D eigenvalue weighted by Crippen LogP contribution is 2.11. The van der Waals surface area contributed by atoms with Gasteiger partial charge in [-0.05, 0) is 24.3 Å². The summed E-state index contributed by atoms with van der Waals surface area (Å²) in [6, 6.07) is 6.41. The van der Waals surface area contributed by atoms with Crippen LogP contribution in [0, 0.1) is 0 Å². The molecule has 0 radical (unpaired) electrons. The number of hydrogen-bond donors (Lipinski definition) is 2. The lowest BCUT2D eigenvalue weighted by atomic mass is 10.2. The maximum atomic E-state index is 9.07. The van der Waals surface area contributed by atoms with Crippen molar-refractivity contribution >= 4 is 25.2 Å². The van der Waals surface area contributed by atoms with Crippen LogP contribution in [-0.4, -0.2) is 23.7 Å². The Morgan fingerprint density at radius 3 is 2.57 bits per heavy atom. The van der Waals surface area contributed by atoms with E-state index in [-0.39, 0.29) is 11.7 Å². The highest BCUT2D eigenvalue weighted by molar-refractivity contribution is 7.80. The van der Waals surface area contributed by atoms with Crippen molar-refractivity contribution in [2.45, 2.75) is 0 Å². The Morgan fingerprint density at radius 1 is 1.43 bits per heavy atom. The lowest BCUT2D eigenvalue weighted by molar-refractivity contribution is 0.382. The molecule has 14 heavy (non-hydrogen) atoms. The van der Waals surface area contributed by atoms with Gasteiger partial charge < -0.3 is 9.84 Å². The molecular weight excluding hydrogens is 200 g/mol. The molecule has 5 heteroatoms. The third kappa shape index (κ3) is 2.77. The van der Waals surface area contributed by atoms with E-state index in [4.69, 9.17) is 9.84 Å². The Hall–Kier alpha value is -1.49. The van der Waals surface area contributed by atoms with Gasteiger partial charge in [0, 0.05) is 12.3 Å². The molecule has 0 aliphatic rings. The minimum absolute atomic E-state index is 0.186. The third-order valence-corrected chi connectivity index (χ3v) is 1.61. The highest BCUT2D eigenvalue weighted by atomic mass is 32.1. The fourth-order valence-corrected chi connectivity index (χ4v) is 1.02. The molecule has 0 fully saturated rings. The van der Waals surface area contributed by atoms with Gasteiger partial charge in [-0.3, -0.25) is 0 Å². The molecule has 0 unspecified atom stereocenters. The van der Waals surface area contributed by atoms with Gasteiger partial charge in [-0.25, -0.2) is 0 Å². The number of phenolic OH excluding ortho intramolecular Hbond substituents is 1. The van der Waals surface area contributed by atoms with E-state index in [0.717, 1.165) is 0 Å². The molecule has 0 atom stereocenters. The minimum Gasteiger partial charge on any atom is -0.508 e. The van der Waals surface area contributed by atoms with Crippen molar-refractivity contribution in [1.29, 1.82) is 0 Å². The maximum Gasteiger partial charge on any atom is 0.241 e. The number of nitrogens with zero attached hydrogens (tertiary/aromatic N) is 2. The minimum atomic E-state index is 0.186. The summed E-state index contributed by atoms with van der Waals surface area (Å²) in [6.07, 6.45) is 0. The van der Waals surface area contributed by atoms with Crippen molar-refractivity contribution < 1.29 is 9.84 Å². The van der Waals surface area contributed by atoms with Gasteiger partial charge in [0.25, 0.3) is 0 Å². The highest BCUT2D eigenvalue weighted by Gasteiger charge is 2.03. The van der Waals surface area contributed by atoms with Gasteiger partial charge >= 0.3 is 0 Å². The predicted octanol–water partition coefficient (Wildman–Crippen LogP) is 1.66. The first kappa shape index (κ1) is 10.6. The zero-order chi connectivity index (χ0) is 10.4. The Labute approximate surface area is 87.3 Å². The molecule has 0 aromatic heterocycles. The third-order valence-electron chi connectivity index (χ3n) is 1.48. The van der Waals surface area contributed by atoms with Crippen LogP contribution in [-0.2, 0) is 4.74 Å². The van der Waals surface area contributed by atoms with E-state index >= 15 is 0 Å². The van der Waals surface area contributed by atoms with Crippen LogP contribution < -0.4 is 0 Å². The number of aromatic hydroxyl groups is 1. The molecule has 0 aliphatic carbocycles. The molecule has 1 N–H and O–H groups in total. The first-order valence-electron chi connectivity index (χ1n) is 3.84. The first-order chi connectivity index (χ1) is 6.77. The SMILES string of the molecule is C=N/N=C(\OCS)c1ccc(O)cc1. The topological polar surface area (TPSA) is 54.2 Å². The largest absolute Gasteiger partial charge is 0.508 e. The molecule has 0 saturated heterocycles. The summed E-state index contributed by atoms with van der Waals surface area (Å²) >= 11 is 3.91. The fraction of sp³-hybridized carbons (Fsp3) is 0.111. The van der Waals surface area contributed by atoms with E-state index in [1.54, 1.807) is 12.1 Å². The maximum absolute atomic E-state index is 9.07. The first-order valence-corrected chi connectivity index (χ1v) is 4.48. The van der Waals surface area contributed by atoms with Gasteiger partial charge in [-0.1, -0.05) is 0 Å². The van der Waals surface area contributed by atoms with Gasteiger partial charge in [-0.2, -0.15) is 5.10 Å². The van der Waals surface area contributed by atoms with Crippen LogP contribution >= 0.6 is 12.6 Å². The second kappa shape index (κ2) is 5.29. The Balaban J connectivity index is 2.93. The summed E-state index contributed by atoms with van der Waals surface area (Å²) in [5.41, 5.74) is 0.712. The van der Waals surface area contributed by atoms with Crippen molar-refractivity contribution in [3.8, 4) is 5.75 Å². The zero-order valence-electron chi connectivity index (χ0n) is 7.42. The van der Waals surface area contributed by atoms with E-state index in [9.17, 15) is 0 Å². The summed E-state index contributed by atoms with van der Waals surface area (Å²) in [5.74, 6) is 0.718. The van der Waals surface area contributed by atoms with Gasteiger partial charge in [0.2, 0.25) is 5.90 Å². The van der Waals surface area contributed by atoms with Gasteiger partial charge in [0.15, 0.2) is 0 Å². The summed E-state index contributed by atoms with van der Waals surface area (Å²) in [6.45, 7) is 3.23. The summed E-state index contributed by atoms with van der Waals surface area (Å²) in [4.78, 5) is 0. The molecule has 0 heterocycles. The van der Waals surface area contributed by atoms with Crippen LogP contribution in [0.2, 0.25) is 0 Å². The Bertz CT molecular complexity index is 335. The molecule has 1 aromatic carbocycles. The lowest BCUT2D eigenvalue weighted by Crippen LogP contribution is -2.04. The molecule has 0 amide bonds. The second-order valence-corrected chi connectivity index (χ2v) is 2.63. The van der Waals surface area contributed by atoms with E-state index in [0.29, 0.717) is 11.5 Å². The van der Waals surface area contributed by atoms with Gasteiger partial charge in [0.05, 0.1) is 0 Å². The van der Waals surface area contributed by atoms with Crippen LogP contribution in [0.1, 0.15) is 5.56 Å². The summed E-state index contributed by atoms with van der Waals surface area (Å²) in [7, 11) is 0. The average molecular weight is 210 g/mol. The van der Waals surface area contributed by atoms with Crippen molar-refractivity contribution in [3.63, 3.8) is 0 Å². The van der Waals surface area contributed by atoms with Crippen molar-refractivity contribution in [1.82, 2.24) is 0 Å². The average Bonchev–Trinajstić information content (AvgIpc) is 2.19. The molecule has 0 aliphatic heterocycles. The van der Waals surface area contributed by atoms with Gasteiger partial charge in [-0.15, -0.1) is 17.7 Å². The normalized spacial score (nSPS) is 11.1. The Kier molecular flexibility index (Phi) is 4.00. The van der Waals surface area contributed by atoms with Crippen LogP contribution in [0.3, 0.4) is 0 Å². The molecule has 0 bridgehead atoms.